The third-order valence-electron chi connectivity index (χ3n) is 11.0. The van der Waals surface area contributed by atoms with E-state index in [0.29, 0.717) is 0 Å². The van der Waals surface area contributed by atoms with Crippen LogP contribution in [0.3, 0.4) is 0 Å². The molecule has 0 saturated heterocycles. The van der Waals surface area contributed by atoms with Crippen molar-refractivity contribution in [2.45, 2.75) is 0 Å². The Balaban J connectivity index is 1.19. The third kappa shape index (κ3) is 4.64. The molecule has 53 heavy (non-hydrogen) atoms. The summed E-state index contributed by atoms with van der Waals surface area (Å²) in [6.07, 6.45) is 0. The van der Waals surface area contributed by atoms with Crippen LogP contribution < -0.4 is 0 Å². The summed E-state index contributed by atoms with van der Waals surface area (Å²) < 4.78 is 6.86. The van der Waals surface area contributed by atoms with E-state index in [1.807, 2.05) is 0 Å². The minimum Gasteiger partial charge on any atom is -0.455 e. The van der Waals surface area contributed by atoms with Crippen molar-refractivity contribution in [1.29, 1.82) is 0 Å². The van der Waals surface area contributed by atoms with Gasteiger partial charge in [-0.2, -0.15) is 0 Å². The standard InChI is InChI=1S/C52H32O/c1-3-15-33(16-4-1)36-29-37(34-17-5-2-6-18-34)31-38(30-36)50-44-24-12-10-22-42(44)49(43-23-11-13-25-45(43)50)35-27-28-47-48(32-35)53-52-46-26-14-8-20-40(46)39-19-7-9-21-41(39)51(47)52/h1-32H. The highest BCUT2D eigenvalue weighted by molar-refractivity contribution is 6.30. The Morgan fingerprint density at radius 2 is 0.660 bits per heavy atom. The normalized spacial score (nSPS) is 11.8. The van der Waals surface area contributed by atoms with Crippen LogP contribution in [0.2, 0.25) is 0 Å². The molecule has 0 aliphatic heterocycles. The first-order valence-electron chi connectivity index (χ1n) is 18.3. The van der Waals surface area contributed by atoms with E-state index in [-0.39, 0.29) is 0 Å². The second-order valence-electron chi connectivity index (χ2n) is 14.0. The molecule has 0 fully saturated rings. The zero-order valence-electron chi connectivity index (χ0n) is 28.9. The molecule has 0 aliphatic rings. The molecule has 246 valence electrons. The van der Waals surface area contributed by atoms with Gasteiger partial charge in [-0.1, -0.05) is 164 Å². The van der Waals surface area contributed by atoms with E-state index in [1.54, 1.807) is 0 Å². The second kappa shape index (κ2) is 11.8. The molecule has 11 aromatic rings. The highest BCUT2D eigenvalue weighted by atomic mass is 16.3. The van der Waals surface area contributed by atoms with Gasteiger partial charge in [0, 0.05) is 16.2 Å². The second-order valence-corrected chi connectivity index (χ2v) is 14.0. The summed E-state index contributed by atoms with van der Waals surface area (Å²) in [5, 5.41) is 12.1. The lowest BCUT2D eigenvalue weighted by Gasteiger charge is -2.19. The summed E-state index contributed by atoms with van der Waals surface area (Å²) >= 11 is 0. The van der Waals surface area contributed by atoms with Crippen molar-refractivity contribution >= 4 is 65.0 Å². The Kier molecular flexibility index (Phi) is 6.62. The molecule has 0 N–H and O–H groups in total. The van der Waals surface area contributed by atoms with Crippen molar-refractivity contribution in [3.8, 4) is 44.5 Å². The Labute approximate surface area is 307 Å². The zero-order valence-corrected chi connectivity index (χ0v) is 28.9. The molecule has 10 aromatic carbocycles. The van der Waals surface area contributed by atoms with Gasteiger partial charge in [0.2, 0.25) is 0 Å². The Bertz CT molecular complexity index is 3090. The molecule has 0 amide bonds. The maximum absolute atomic E-state index is 6.86. The Morgan fingerprint density at radius 3 is 1.21 bits per heavy atom. The lowest BCUT2D eigenvalue weighted by atomic mass is 9.84. The lowest BCUT2D eigenvalue weighted by Crippen LogP contribution is -1.92. The first-order valence-corrected chi connectivity index (χ1v) is 18.3. The zero-order chi connectivity index (χ0) is 34.9. The molecule has 0 spiro atoms. The Hall–Kier alpha value is -6.96. The summed E-state index contributed by atoms with van der Waals surface area (Å²) in [5.41, 5.74) is 11.5. The van der Waals surface area contributed by atoms with Crippen molar-refractivity contribution in [2.75, 3.05) is 0 Å². The molecule has 0 bridgehead atoms. The van der Waals surface area contributed by atoms with Gasteiger partial charge in [-0.15, -0.1) is 0 Å². The summed E-state index contributed by atoms with van der Waals surface area (Å²) in [6, 6.07) is 70.4. The highest BCUT2D eigenvalue weighted by Crippen LogP contribution is 2.47. The van der Waals surface area contributed by atoms with Gasteiger partial charge in [-0.05, 0) is 113 Å². The van der Waals surface area contributed by atoms with E-state index in [0.717, 1.165) is 27.5 Å². The number of rotatable bonds is 4. The van der Waals surface area contributed by atoms with Gasteiger partial charge in [0.1, 0.15) is 11.2 Å². The van der Waals surface area contributed by atoms with E-state index < -0.39 is 0 Å². The van der Waals surface area contributed by atoms with Crippen molar-refractivity contribution in [3.05, 3.63) is 194 Å². The number of furan rings is 1. The molecule has 0 aliphatic carbocycles. The van der Waals surface area contributed by atoms with Crippen molar-refractivity contribution in [3.63, 3.8) is 0 Å². The summed E-state index contributed by atoms with van der Waals surface area (Å²) in [5.74, 6) is 0. The molecular weight excluding hydrogens is 641 g/mol. The van der Waals surface area contributed by atoms with Gasteiger partial charge in [0.25, 0.3) is 0 Å². The molecule has 1 heteroatoms. The molecule has 0 radical (unpaired) electrons. The third-order valence-corrected chi connectivity index (χ3v) is 11.0. The van der Waals surface area contributed by atoms with Gasteiger partial charge < -0.3 is 4.42 Å². The minimum absolute atomic E-state index is 0.902. The highest BCUT2D eigenvalue weighted by Gasteiger charge is 2.20. The molecule has 0 saturated carbocycles. The topological polar surface area (TPSA) is 13.1 Å². The Morgan fingerprint density at radius 1 is 0.245 bits per heavy atom. The SMILES string of the molecule is c1ccc(-c2cc(-c3ccccc3)cc(-c3c4ccccc4c(-c4ccc5c(c4)oc4c6ccccc6c6ccccc6c54)c4ccccc34)c2)cc1. The van der Waals surface area contributed by atoms with E-state index in [1.165, 1.54) is 82.0 Å². The van der Waals surface area contributed by atoms with Gasteiger partial charge in [0.05, 0.1) is 0 Å². The van der Waals surface area contributed by atoms with Crippen LogP contribution in [0, 0.1) is 0 Å². The van der Waals surface area contributed by atoms with Crippen LogP contribution in [0.5, 0.6) is 0 Å². The van der Waals surface area contributed by atoms with Crippen molar-refractivity contribution in [2.24, 2.45) is 0 Å². The fourth-order valence-electron chi connectivity index (χ4n) is 8.68. The number of hydrogen-bond donors (Lipinski definition) is 0. The van der Waals surface area contributed by atoms with Gasteiger partial charge >= 0.3 is 0 Å². The van der Waals surface area contributed by atoms with E-state index in [9.17, 15) is 0 Å². The molecule has 1 nitrogen and oxygen atoms in total. The van der Waals surface area contributed by atoms with Crippen LogP contribution in [0.15, 0.2) is 199 Å². The fourth-order valence-corrected chi connectivity index (χ4v) is 8.68. The van der Waals surface area contributed by atoms with Crippen LogP contribution in [-0.4, -0.2) is 0 Å². The first-order chi connectivity index (χ1) is 26.3. The number of fused-ring (bicyclic) bond motifs is 10. The van der Waals surface area contributed by atoms with Crippen LogP contribution >= 0.6 is 0 Å². The largest absolute Gasteiger partial charge is 0.455 e. The maximum Gasteiger partial charge on any atom is 0.143 e. The summed E-state index contributed by atoms with van der Waals surface area (Å²) in [4.78, 5) is 0. The average Bonchev–Trinajstić information content (AvgIpc) is 3.63. The fraction of sp³-hybridized carbons (Fsp3) is 0. The van der Waals surface area contributed by atoms with Crippen LogP contribution in [0.4, 0.5) is 0 Å². The van der Waals surface area contributed by atoms with E-state index in [2.05, 4.69) is 194 Å². The molecular formula is C52H32O. The molecule has 0 atom stereocenters. The predicted molar refractivity (Wildman–Crippen MR) is 225 cm³/mol. The number of hydrogen-bond acceptors (Lipinski definition) is 1. The van der Waals surface area contributed by atoms with Gasteiger partial charge in [-0.3, -0.25) is 0 Å². The lowest BCUT2D eigenvalue weighted by molar-refractivity contribution is 0.673. The molecule has 11 rings (SSSR count). The smallest absolute Gasteiger partial charge is 0.143 e. The van der Waals surface area contributed by atoms with Crippen LogP contribution in [0.25, 0.3) is 110 Å². The average molecular weight is 673 g/mol. The summed E-state index contributed by atoms with van der Waals surface area (Å²) in [7, 11) is 0. The van der Waals surface area contributed by atoms with Gasteiger partial charge in [-0.25, -0.2) is 0 Å². The monoisotopic (exact) mass is 672 g/mol. The molecule has 1 heterocycles. The maximum atomic E-state index is 6.86. The van der Waals surface area contributed by atoms with Crippen LogP contribution in [0.1, 0.15) is 0 Å². The molecule has 0 unspecified atom stereocenters. The predicted octanol–water partition coefficient (Wildman–Crippen LogP) is 14.9. The minimum atomic E-state index is 0.902. The van der Waals surface area contributed by atoms with E-state index in [4.69, 9.17) is 4.42 Å². The van der Waals surface area contributed by atoms with Crippen molar-refractivity contribution in [1.82, 2.24) is 0 Å². The van der Waals surface area contributed by atoms with Gasteiger partial charge in [0.15, 0.2) is 0 Å². The summed E-state index contributed by atoms with van der Waals surface area (Å²) in [6.45, 7) is 0. The van der Waals surface area contributed by atoms with E-state index >= 15 is 0 Å². The number of benzene rings is 10. The van der Waals surface area contributed by atoms with Crippen LogP contribution in [-0.2, 0) is 0 Å². The molecule has 1 aromatic heterocycles. The van der Waals surface area contributed by atoms with Crippen molar-refractivity contribution < 1.29 is 4.42 Å². The quantitative estimate of drug-likeness (QED) is 0.134. The first kappa shape index (κ1) is 29.7.